The Balaban J connectivity index is 1.55. The lowest BCUT2D eigenvalue weighted by Gasteiger charge is -2.17. The lowest BCUT2D eigenvalue weighted by atomic mass is 10.2. The number of ether oxygens (including phenoxy) is 2. The Morgan fingerprint density at radius 2 is 2.36 bits per heavy atom. The van der Waals surface area contributed by atoms with Crippen molar-refractivity contribution >= 4 is 27.8 Å². The van der Waals surface area contributed by atoms with Gasteiger partial charge in [0.15, 0.2) is 0 Å². The van der Waals surface area contributed by atoms with Crippen molar-refractivity contribution in [2.24, 2.45) is 5.92 Å². The van der Waals surface area contributed by atoms with Crippen molar-refractivity contribution in [3.8, 4) is 5.88 Å². The van der Waals surface area contributed by atoms with Crippen LogP contribution >= 0.6 is 11.3 Å². The second-order valence-electron chi connectivity index (χ2n) is 5.77. The zero-order valence-corrected chi connectivity index (χ0v) is 13.5. The molecule has 3 rings (SSSR count). The molecule has 1 aliphatic rings. The lowest BCUT2D eigenvalue weighted by molar-refractivity contribution is 0.0946. The average molecular weight is 321 g/mol. The van der Waals surface area contributed by atoms with E-state index in [4.69, 9.17) is 9.47 Å². The monoisotopic (exact) mass is 321 g/mol. The zero-order chi connectivity index (χ0) is 15.5. The molecule has 1 fully saturated rings. The molecule has 22 heavy (non-hydrogen) atoms. The van der Waals surface area contributed by atoms with E-state index in [1.165, 1.54) is 11.3 Å². The third-order valence-electron chi connectivity index (χ3n) is 3.40. The number of nitrogens with zero attached hydrogens (tertiary/aromatic N) is 3. The van der Waals surface area contributed by atoms with Gasteiger partial charge in [0, 0.05) is 19.0 Å². The van der Waals surface area contributed by atoms with Crippen LogP contribution in [0.2, 0.25) is 0 Å². The Kier molecular flexibility index (Phi) is 4.42. The summed E-state index contributed by atoms with van der Waals surface area (Å²) in [6.45, 7) is 5.68. The molecule has 0 aromatic carbocycles. The first kappa shape index (κ1) is 15.0. The van der Waals surface area contributed by atoms with Crippen molar-refractivity contribution < 1.29 is 14.3 Å². The fourth-order valence-electron chi connectivity index (χ4n) is 2.29. The minimum Gasteiger partial charge on any atom is -0.472 e. The fourth-order valence-corrected chi connectivity index (χ4v) is 2.94. The van der Waals surface area contributed by atoms with Gasteiger partial charge in [-0.3, -0.25) is 0 Å². The van der Waals surface area contributed by atoms with E-state index in [0.29, 0.717) is 31.5 Å². The topological polar surface area (TPSA) is 64.5 Å². The van der Waals surface area contributed by atoms with Gasteiger partial charge in [0.1, 0.15) is 16.5 Å². The fraction of sp³-hybridized carbons (Fsp3) is 0.533. The van der Waals surface area contributed by atoms with Crippen LogP contribution in [0.3, 0.4) is 0 Å². The molecule has 1 atom stereocenters. The largest absolute Gasteiger partial charge is 0.472 e. The van der Waals surface area contributed by atoms with Crippen LogP contribution in [-0.2, 0) is 4.74 Å². The summed E-state index contributed by atoms with van der Waals surface area (Å²) in [4.78, 5) is 23.1. The van der Waals surface area contributed by atoms with Crippen molar-refractivity contribution in [3.63, 3.8) is 0 Å². The number of pyridine rings is 1. The average Bonchev–Trinajstić information content (AvgIpc) is 3.13. The van der Waals surface area contributed by atoms with Gasteiger partial charge in [0.2, 0.25) is 5.88 Å². The van der Waals surface area contributed by atoms with Crippen LogP contribution in [0, 0.1) is 5.92 Å². The standard InChI is InChI=1S/C15H19N3O3S/c1-10(2)8-20-15(19)18-6-5-11(7-18)21-13-4-3-12-14(17-13)22-9-16-12/h3-4,9-11H,5-8H2,1-2H3/t11-/m0/s1. The lowest BCUT2D eigenvalue weighted by Crippen LogP contribution is -2.32. The van der Waals surface area contributed by atoms with E-state index in [9.17, 15) is 4.79 Å². The number of fused-ring (bicyclic) bond motifs is 1. The third kappa shape index (κ3) is 3.47. The molecule has 0 N–H and O–H groups in total. The number of likely N-dealkylation sites (tertiary alicyclic amines) is 1. The summed E-state index contributed by atoms with van der Waals surface area (Å²) < 4.78 is 11.1. The molecule has 6 nitrogen and oxygen atoms in total. The summed E-state index contributed by atoms with van der Waals surface area (Å²) in [6.07, 6.45) is 0.495. The van der Waals surface area contributed by atoms with Crippen LogP contribution < -0.4 is 4.74 Å². The highest BCUT2D eigenvalue weighted by Crippen LogP contribution is 2.22. The van der Waals surface area contributed by atoms with E-state index < -0.39 is 0 Å². The molecule has 0 unspecified atom stereocenters. The molecule has 1 amide bonds. The zero-order valence-electron chi connectivity index (χ0n) is 12.7. The molecule has 3 heterocycles. The molecule has 2 aromatic heterocycles. The van der Waals surface area contributed by atoms with Crippen LogP contribution in [0.4, 0.5) is 4.79 Å². The second-order valence-corrected chi connectivity index (χ2v) is 6.60. The first-order valence-electron chi connectivity index (χ1n) is 7.40. The Hall–Kier alpha value is -1.89. The molecule has 0 radical (unpaired) electrons. The predicted octanol–water partition coefficient (Wildman–Crippen LogP) is 2.94. The van der Waals surface area contributed by atoms with Crippen LogP contribution in [0.15, 0.2) is 17.6 Å². The minimum atomic E-state index is -0.259. The molecule has 1 aliphatic heterocycles. The van der Waals surface area contributed by atoms with Crippen LogP contribution in [0.25, 0.3) is 10.3 Å². The van der Waals surface area contributed by atoms with Crippen LogP contribution in [0.1, 0.15) is 20.3 Å². The van der Waals surface area contributed by atoms with Crippen molar-refractivity contribution in [2.75, 3.05) is 19.7 Å². The van der Waals surface area contributed by atoms with E-state index in [2.05, 4.69) is 9.97 Å². The van der Waals surface area contributed by atoms with Crippen molar-refractivity contribution in [1.82, 2.24) is 14.9 Å². The Labute approximate surface area is 133 Å². The van der Waals surface area contributed by atoms with Gasteiger partial charge in [0.05, 0.1) is 18.7 Å². The number of hydrogen-bond acceptors (Lipinski definition) is 6. The van der Waals surface area contributed by atoms with Crippen molar-refractivity contribution in [1.29, 1.82) is 0 Å². The molecular formula is C15H19N3O3S. The van der Waals surface area contributed by atoms with Gasteiger partial charge in [-0.2, -0.15) is 0 Å². The minimum absolute atomic E-state index is 0.0375. The Morgan fingerprint density at radius 3 is 3.18 bits per heavy atom. The maximum absolute atomic E-state index is 11.9. The number of carbonyl (C=O) groups is 1. The van der Waals surface area contributed by atoms with E-state index in [1.54, 1.807) is 10.4 Å². The van der Waals surface area contributed by atoms with Gasteiger partial charge in [-0.1, -0.05) is 13.8 Å². The van der Waals surface area contributed by atoms with E-state index >= 15 is 0 Å². The van der Waals surface area contributed by atoms with Gasteiger partial charge in [-0.15, -0.1) is 11.3 Å². The number of hydrogen-bond donors (Lipinski definition) is 0. The van der Waals surface area contributed by atoms with E-state index in [0.717, 1.165) is 16.8 Å². The highest BCUT2D eigenvalue weighted by molar-refractivity contribution is 7.16. The maximum atomic E-state index is 11.9. The molecule has 7 heteroatoms. The number of rotatable bonds is 4. The SMILES string of the molecule is CC(C)COC(=O)N1CC[C@H](Oc2ccc3ncsc3n2)C1. The van der Waals surface area contributed by atoms with Gasteiger partial charge < -0.3 is 14.4 Å². The summed E-state index contributed by atoms with van der Waals surface area (Å²) >= 11 is 1.49. The summed E-state index contributed by atoms with van der Waals surface area (Å²) in [7, 11) is 0. The van der Waals surface area contributed by atoms with Gasteiger partial charge in [0.25, 0.3) is 0 Å². The van der Waals surface area contributed by atoms with E-state index in [1.807, 2.05) is 26.0 Å². The van der Waals surface area contributed by atoms with Gasteiger partial charge in [-0.05, 0) is 12.0 Å². The Bertz CT molecular complexity index is 658. The highest BCUT2D eigenvalue weighted by Gasteiger charge is 2.29. The Morgan fingerprint density at radius 1 is 1.50 bits per heavy atom. The number of amides is 1. The number of aromatic nitrogens is 2. The molecule has 0 saturated carbocycles. The number of thiazole rings is 1. The first-order valence-corrected chi connectivity index (χ1v) is 8.28. The normalized spacial score (nSPS) is 18.1. The van der Waals surface area contributed by atoms with Crippen molar-refractivity contribution in [3.05, 3.63) is 17.6 Å². The quantitative estimate of drug-likeness (QED) is 0.866. The molecule has 0 aliphatic carbocycles. The maximum Gasteiger partial charge on any atom is 0.409 e. The number of carbonyl (C=O) groups excluding carboxylic acids is 1. The molecular weight excluding hydrogens is 302 g/mol. The second kappa shape index (κ2) is 6.48. The van der Waals surface area contributed by atoms with Crippen LogP contribution in [-0.4, -0.2) is 46.8 Å². The van der Waals surface area contributed by atoms with Crippen LogP contribution in [0.5, 0.6) is 5.88 Å². The molecule has 1 saturated heterocycles. The summed E-state index contributed by atoms with van der Waals surface area (Å²) in [5.74, 6) is 0.924. The molecule has 2 aromatic rings. The summed E-state index contributed by atoms with van der Waals surface area (Å²) in [5, 5.41) is 0. The molecule has 0 bridgehead atoms. The molecule has 0 spiro atoms. The summed E-state index contributed by atoms with van der Waals surface area (Å²) in [6, 6.07) is 3.72. The van der Waals surface area contributed by atoms with Gasteiger partial charge in [-0.25, -0.2) is 14.8 Å². The van der Waals surface area contributed by atoms with Gasteiger partial charge >= 0.3 is 6.09 Å². The smallest absolute Gasteiger partial charge is 0.409 e. The molecule has 118 valence electrons. The highest BCUT2D eigenvalue weighted by atomic mass is 32.1. The van der Waals surface area contributed by atoms with Crippen molar-refractivity contribution in [2.45, 2.75) is 26.4 Å². The first-order chi connectivity index (χ1) is 10.6. The van der Waals surface area contributed by atoms with E-state index in [-0.39, 0.29) is 12.2 Å². The summed E-state index contributed by atoms with van der Waals surface area (Å²) in [5.41, 5.74) is 2.64. The third-order valence-corrected chi connectivity index (χ3v) is 4.14. The predicted molar refractivity (Wildman–Crippen MR) is 84.2 cm³/mol.